The van der Waals surface area contributed by atoms with Crippen LogP contribution in [-0.2, 0) is 0 Å². The fraction of sp³-hybridized carbons (Fsp3) is 0.500. The summed E-state index contributed by atoms with van der Waals surface area (Å²) in [5, 5.41) is 1.99. The van der Waals surface area contributed by atoms with Gasteiger partial charge in [-0.15, -0.1) is 22.9 Å². The van der Waals surface area contributed by atoms with E-state index in [0.29, 0.717) is 0 Å². The Kier molecular flexibility index (Phi) is 4.83. The summed E-state index contributed by atoms with van der Waals surface area (Å²) in [6.45, 7) is 0. The fourth-order valence-corrected chi connectivity index (χ4v) is 3.20. The Labute approximate surface area is 87.7 Å². The Hall–Kier alpha value is 0.750. The molecular weight excluding hydrogens is 266 g/mol. The Morgan fingerprint density at radius 3 is 3.09 bits per heavy atom. The largest absolute Gasteiger partial charge is 0.223 e. The van der Waals surface area contributed by atoms with Crippen molar-refractivity contribution < 1.29 is 0 Å². The van der Waals surface area contributed by atoms with E-state index < -0.39 is 0 Å². The number of nitrogens with zero attached hydrogens (tertiary/aromatic N) is 1. The number of thiazole rings is 1. The fourth-order valence-electron chi connectivity index (χ4n) is 0.519. The van der Waals surface area contributed by atoms with E-state index in [1.807, 2.05) is 5.38 Å². The highest BCUT2D eigenvalue weighted by atomic mass is 79.9. The molecule has 0 aromatic carbocycles. The minimum Gasteiger partial charge on any atom is -0.223 e. The van der Waals surface area contributed by atoms with Crippen molar-refractivity contribution in [3.05, 3.63) is 9.98 Å². The Balaban J connectivity index is 2.27. The van der Waals surface area contributed by atoms with Crippen LogP contribution >= 0.6 is 50.6 Å². The molecule has 0 radical (unpaired) electrons. The molecule has 0 amide bonds. The normalized spacial score (nSPS) is 10.4. The van der Waals surface area contributed by atoms with Gasteiger partial charge in [-0.05, 0) is 22.4 Å². The molecule has 0 saturated carbocycles. The SMILES string of the molecule is ClCCCSc1nc(Br)cs1. The summed E-state index contributed by atoms with van der Waals surface area (Å²) in [5.41, 5.74) is 0. The topological polar surface area (TPSA) is 12.9 Å². The third kappa shape index (κ3) is 3.78. The molecule has 5 heteroatoms. The first-order valence-corrected chi connectivity index (χ1v) is 6.32. The molecule has 1 aromatic heterocycles. The average Bonchev–Trinajstić information content (AvgIpc) is 2.37. The van der Waals surface area contributed by atoms with Crippen LogP contribution in [0.2, 0.25) is 0 Å². The molecule has 1 rings (SSSR count). The van der Waals surface area contributed by atoms with E-state index in [9.17, 15) is 0 Å². The van der Waals surface area contributed by atoms with E-state index in [1.54, 1.807) is 23.1 Å². The lowest BCUT2D eigenvalue weighted by Crippen LogP contribution is -1.79. The lowest BCUT2D eigenvalue weighted by Gasteiger charge is -1.91. The number of alkyl halides is 1. The molecule has 0 aliphatic heterocycles. The molecule has 62 valence electrons. The minimum absolute atomic E-state index is 0.736. The maximum absolute atomic E-state index is 5.53. The van der Waals surface area contributed by atoms with Crippen LogP contribution < -0.4 is 0 Å². The number of hydrogen-bond donors (Lipinski definition) is 0. The van der Waals surface area contributed by atoms with Crippen molar-refractivity contribution in [2.24, 2.45) is 0 Å². The summed E-state index contributed by atoms with van der Waals surface area (Å²) in [6.07, 6.45) is 1.05. The van der Waals surface area contributed by atoms with E-state index in [1.165, 1.54) is 0 Å². The van der Waals surface area contributed by atoms with Gasteiger partial charge in [-0.1, -0.05) is 11.8 Å². The molecule has 0 aliphatic rings. The quantitative estimate of drug-likeness (QED) is 0.472. The van der Waals surface area contributed by atoms with Gasteiger partial charge in [0.05, 0.1) is 0 Å². The molecule has 0 bridgehead atoms. The molecule has 11 heavy (non-hydrogen) atoms. The van der Waals surface area contributed by atoms with Crippen LogP contribution in [0, 0.1) is 0 Å². The van der Waals surface area contributed by atoms with Crippen molar-refractivity contribution in [3.8, 4) is 0 Å². The standard InChI is InChI=1S/C6H7BrClNS2/c7-5-4-11-6(9-5)10-3-1-2-8/h4H,1-3H2. The smallest absolute Gasteiger partial charge is 0.151 e. The van der Waals surface area contributed by atoms with E-state index in [2.05, 4.69) is 20.9 Å². The first kappa shape index (κ1) is 9.84. The van der Waals surface area contributed by atoms with Gasteiger partial charge in [-0.3, -0.25) is 0 Å². The van der Waals surface area contributed by atoms with Crippen molar-refractivity contribution in [3.63, 3.8) is 0 Å². The number of thioether (sulfide) groups is 1. The van der Waals surface area contributed by atoms with Gasteiger partial charge in [0.25, 0.3) is 0 Å². The molecule has 0 saturated heterocycles. The molecular formula is C6H7BrClNS2. The third-order valence-electron chi connectivity index (χ3n) is 0.959. The molecule has 1 aromatic rings. The monoisotopic (exact) mass is 271 g/mol. The van der Waals surface area contributed by atoms with Gasteiger partial charge in [0, 0.05) is 17.0 Å². The van der Waals surface area contributed by atoms with Crippen molar-refractivity contribution in [1.82, 2.24) is 4.98 Å². The molecule has 0 unspecified atom stereocenters. The molecule has 0 N–H and O–H groups in total. The summed E-state index contributed by atoms with van der Waals surface area (Å²) in [4.78, 5) is 4.24. The van der Waals surface area contributed by atoms with Gasteiger partial charge >= 0.3 is 0 Å². The first-order valence-electron chi connectivity index (χ1n) is 3.12. The highest BCUT2D eigenvalue weighted by Crippen LogP contribution is 2.25. The minimum atomic E-state index is 0.736. The van der Waals surface area contributed by atoms with Gasteiger partial charge in [-0.2, -0.15) is 0 Å². The van der Waals surface area contributed by atoms with Gasteiger partial charge in [-0.25, -0.2) is 4.98 Å². The molecule has 1 heterocycles. The lowest BCUT2D eigenvalue weighted by molar-refractivity contribution is 1.11. The van der Waals surface area contributed by atoms with E-state index in [4.69, 9.17) is 11.6 Å². The second kappa shape index (κ2) is 5.41. The number of halogens is 2. The van der Waals surface area contributed by atoms with E-state index in [0.717, 1.165) is 27.0 Å². The van der Waals surface area contributed by atoms with E-state index >= 15 is 0 Å². The van der Waals surface area contributed by atoms with Crippen LogP contribution in [0.25, 0.3) is 0 Å². The van der Waals surface area contributed by atoms with Crippen LogP contribution in [0.1, 0.15) is 6.42 Å². The maximum atomic E-state index is 5.53. The predicted octanol–water partition coefficient (Wildman–Crippen LogP) is 3.63. The molecule has 1 nitrogen and oxygen atoms in total. The van der Waals surface area contributed by atoms with Crippen LogP contribution in [0.3, 0.4) is 0 Å². The van der Waals surface area contributed by atoms with Gasteiger partial charge in [0.2, 0.25) is 0 Å². The van der Waals surface area contributed by atoms with Crippen molar-refractivity contribution in [1.29, 1.82) is 0 Å². The number of hydrogen-bond acceptors (Lipinski definition) is 3. The zero-order valence-electron chi connectivity index (χ0n) is 5.72. The van der Waals surface area contributed by atoms with Gasteiger partial charge in [0.15, 0.2) is 4.34 Å². The number of rotatable bonds is 4. The summed E-state index contributed by atoms with van der Waals surface area (Å²) < 4.78 is 2.04. The summed E-state index contributed by atoms with van der Waals surface area (Å²) in [7, 11) is 0. The molecule has 0 aliphatic carbocycles. The maximum Gasteiger partial charge on any atom is 0.151 e. The number of aromatic nitrogens is 1. The second-order valence-corrected chi connectivity index (χ2v) is 5.22. The van der Waals surface area contributed by atoms with Crippen LogP contribution in [0.5, 0.6) is 0 Å². The van der Waals surface area contributed by atoms with E-state index in [-0.39, 0.29) is 0 Å². The highest BCUT2D eigenvalue weighted by molar-refractivity contribution is 9.10. The Bertz CT molecular complexity index is 216. The molecule has 0 spiro atoms. The van der Waals surface area contributed by atoms with Crippen molar-refractivity contribution >= 4 is 50.6 Å². The first-order chi connectivity index (χ1) is 5.33. The van der Waals surface area contributed by atoms with Gasteiger partial charge in [0.1, 0.15) is 4.60 Å². The molecule has 0 fully saturated rings. The molecule has 0 atom stereocenters. The Morgan fingerprint density at radius 2 is 2.55 bits per heavy atom. The van der Waals surface area contributed by atoms with Crippen LogP contribution in [0.4, 0.5) is 0 Å². The highest BCUT2D eigenvalue weighted by Gasteiger charge is 1.98. The third-order valence-corrected chi connectivity index (χ3v) is 4.04. The second-order valence-electron chi connectivity index (χ2n) is 1.83. The average molecular weight is 273 g/mol. The zero-order chi connectivity index (χ0) is 8.10. The van der Waals surface area contributed by atoms with Crippen molar-refractivity contribution in [2.75, 3.05) is 11.6 Å². The summed E-state index contributed by atoms with van der Waals surface area (Å²) >= 11 is 12.3. The zero-order valence-corrected chi connectivity index (χ0v) is 9.69. The van der Waals surface area contributed by atoms with Crippen molar-refractivity contribution in [2.45, 2.75) is 10.8 Å². The lowest BCUT2D eigenvalue weighted by atomic mass is 10.6. The summed E-state index contributed by atoms with van der Waals surface area (Å²) in [5.74, 6) is 1.79. The van der Waals surface area contributed by atoms with Crippen LogP contribution in [-0.4, -0.2) is 16.6 Å². The summed E-state index contributed by atoms with van der Waals surface area (Å²) in [6, 6.07) is 0. The predicted molar refractivity (Wildman–Crippen MR) is 55.9 cm³/mol. The Morgan fingerprint density at radius 1 is 1.73 bits per heavy atom. The van der Waals surface area contributed by atoms with Gasteiger partial charge < -0.3 is 0 Å². The van der Waals surface area contributed by atoms with Crippen LogP contribution in [0.15, 0.2) is 14.3 Å².